The fourth-order valence-electron chi connectivity index (χ4n) is 5.30. The molecule has 3 heterocycles. The van der Waals surface area contributed by atoms with Gasteiger partial charge in [0.25, 0.3) is 5.91 Å². The van der Waals surface area contributed by atoms with Crippen molar-refractivity contribution in [2.45, 2.75) is 25.3 Å². The highest BCUT2D eigenvalue weighted by atomic mass is 32.1. The summed E-state index contributed by atoms with van der Waals surface area (Å²) < 4.78 is 5.89. The van der Waals surface area contributed by atoms with Gasteiger partial charge in [0.15, 0.2) is 0 Å². The minimum Gasteiger partial charge on any atom is -0.457 e. The highest BCUT2D eigenvalue weighted by Crippen LogP contribution is 2.46. The molecule has 0 spiro atoms. The highest BCUT2D eigenvalue weighted by Gasteiger charge is 2.35. The Labute approximate surface area is 234 Å². The lowest BCUT2D eigenvalue weighted by Crippen LogP contribution is -2.42. The van der Waals surface area contributed by atoms with Crippen LogP contribution < -0.4 is 25.6 Å². The monoisotopic (exact) mass is 553 g/mol. The molecule has 1 saturated carbocycles. The van der Waals surface area contributed by atoms with Crippen LogP contribution in [0, 0.1) is 5.92 Å². The summed E-state index contributed by atoms with van der Waals surface area (Å²) in [6.45, 7) is 3.96. The topological polar surface area (TPSA) is 113 Å². The van der Waals surface area contributed by atoms with Crippen LogP contribution in [0.5, 0.6) is 11.5 Å². The number of amides is 4. The van der Waals surface area contributed by atoms with Gasteiger partial charge in [-0.3, -0.25) is 14.5 Å². The van der Waals surface area contributed by atoms with E-state index in [0.717, 1.165) is 30.4 Å². The van der Waals surface area contributed by atoms with Crippen molar-refractivity contribution in [2.75, 3.05) is 16.8 Å². The third-order valence-electron chi connectivity index (χ3n) is 7.23. The fourth-order valence-corrected chi connectivity index (χ4v) is 6.32. The van der Waals surface area contributed by atoms with E-state index in [4.69, 9.17) is 4.74 Å². The summed E-state index contributed by atoms with van der Waals surface area (Å²) in [6.07, 6.45) is 5.59. The summed E-state index contributed by atoms with van der Waals surface area (Å²) in [5, 5.41) is 9.63. The second-order valence-corrected chi connectivity index (χ2v) is 10.7. The number of nitrogens with zero attached hydrogens (tertiary/aromatic N) is 2. The largest absolute Gasteiger partial charge is 0.457 e. The van der Waals surface area contributed by atoms with E-state index >= 15 is 0 Å². The summed E-state index contributed by atoms with van der Waals surface area (Å²) in [4.78, 5) is 45.6. The van der Waals surface area contributed by atoms with Crippen molar-refractivity contribution in [3.05, 3.63) is 84.4 Å². The number of carbonyl (C=O) groups excluding carboxylic acids is 3. The number of ether oxygens (including phenoxy) is 1. The van der Waals surface area contributed by atoms with Crippen LogP contribution in [0.2, 0.25) is 0 Å². The Morgan fingerprint density at radius 3 is 2.65 bits per heavy atom. The number of hydrogen-bond donors (Lipinski definition) is 3. The molecule has 1 aliphatic heterocycles. The van der Waals surface area contributed by atoms with Crippen molar-refractivity contribution in [2.24, 2.45) is 5.92 Å². The summed E-state index contributed by atoms with van der Waals surface area (Å²) in [6, 6.07) is 18.1. The average molecular weight is 554 g/mol. The standard InChI is InChI=1S/C30H27N5O4S/c1-2-24(36)32-17-18-7-6-10-22(18)33-28(37)27-26-25-23(15-16-31-29(25)40-27)35(30(38)34-26)19-11-13-21(14-12-19)39-20-8-4-3-5-9-20/h2-5,8-9,11-16,18,22H,1,6-7,10,17H2,(H,32,36)(H,33,37)(H,34,38)/t18-,22-/m1/s1. The summed E-state index contributed by atoms with van der Waals surface area (Å²) in [5.41, 5.74) is 1.78. The first-order chi connectivity index (χ1) is 19.5. The van der Waals surface area contributed by atoms with Crippen LogP contribution in [0.25, 0.3) is 10.2 Å². The number of hydrogen-bond acceptors (Lipinski definition) is 6. The Morgan fingerprint density at radius 2 is 1.88 bits per heavy atom. The number of urea groups is 1. The van der Waals surface area contributed by atoms with Gasteiger partial charge in [-0.25, -0.2) is 9.78 Å². The van der Waals surface area contributed by atoms with Gasteiger partial charge in [-0.2, -0.15) is 0 Å². The van der Waals surface area contributed by atoms with Crippen LogP contribution in [0.15, 0.2) is 79.5 Å². The zero-order valence-corrected chi connectivity index (χ0v) is 22.4. The lowest BCUT2D eigenvalue weighted by Gasteiger charge is -2.28. The van der Waals surface area contributed by atoms with Gasteiger partial charge in [-0.05, 0) is 67.3 Å². The predicted molar refractivity (Wildman–Crippen MR) is 156 cm³/mol. The third kappa shape index (κ3) is 4.89. The van der Waals surface area contributed by atoms with Gasteiger partial charge < -0.3 is 20.7 Å². The molecule has 0 bridgehead atoms. The molecule has 3 N–H and O–H groups in total. The van der Waals surface area contributed by atoms with E-state index in [1.807, 2.05) is 54.6 Å². The number of thiophene rings is 1. The SMILES string of the molecule is C=CC(=O)NC[C@H]1CCC[C@H]1NC(=O)c1sc2nccc3c2c1NC(=O)N3c1ccc(Oc2ccccc2)cc1. The lowest BCUT2D eigenvalue weighted by atomic mass is 10.0. The van der Waals surface area contributed by atoms with Gasteiger partial charge in [0.05, 0.1) is 22.4 Å². The van der Waals surface area contributed by atoms with Crippen molar-refractivity contribution in [1.82, 2.24) is 15.6 Å². The molecule has 1 fully saturated rings. The first-order valence-electron chi connectivity index (χ1n) is 13.1. The summed E-state index contributed by atoms with van der Waals surface area (Å²) >= 11 is 1.25. The van der Waals surface area contributed by atoms with E-state index in [1.54, 1.807) is 17.2 Å². The number of benzene rings is 2. The number of nitrogens with one attached hydrogen (secondary N) is 3. The molecule has 2 aromatic heterocycles. The first-order valence-corrected chi connectivity index (χ1v) is 13.9. The number of pyridine rings is 1. The molecule has 4 aromatic rings. The van der Waals surface area contributed by atoms with Gasteiger partial charge in [0.2, 0.25) is 5.91 Å². The molecular formula is C30H27N5O4S. The zero-order valence-electron chi connectivity index (χ0n) is 21.6. The molecule has 9 nitrogen and oxygen atoms in total. The fraction of sp³-hybridized carbons (Fsp3) is 0.200. The quantitative estimate of drug-likeness (QED) is 0.233. The molecule has 2 aromatic carbocycles. The Hall–Kier alpha value is -4.70. The van der Waals surface area contributed by atoms with E-state index in [9.17, 15) is 14.4 Å². The smallest absolute Gasteiger partial charge is 0.331 e. The maximum atomic E-state index is 13.5. The number of aromatic nitrogens is 1. The molecule has 202 valence electrons. The second kappa shape index (κ2) is 10.8. The normalized spacial score (nSPS) is 17.8. The van der Waals surface area contributed by atoms with E-state index < -0.39 is 0 Å². The van der Waals surface area contributed by atoms with E-state index in [-0.39, 0.29) is 29.8 Å². The lowest BCUT2D eigenvalue weighted by molar-refractivity contribution is -0.116. The molecule has 40 heavy (non-hydrogen) atoms. The number of para-hydroxylation sites is 1. The van der Waals surface area contributed by atoms with Crippen molar-refractivity contribution in [1.29, 1.82) is 0 Å². The average Bonchev–Trinajstić information content (AvgIpc) is 3.58. The molecule has 2 aliphatic rings. The first kappa shape index (κ1) is 25.6. The minimum absolute atomic E-state index is 0.0742. The van der Waals surface area contributed by atoms with Crippen molar-refractivity contribution >= 4 is 56.5 Å². The summed E-state index contributed by atoms with van der Waals surface area (Å²) in [7, 11) is 0. The number of rotatable bonds is 8. The summed E-state index contributed by atoms with van der Waals surface area (Å²) in [5.74, 6) is 1.02. The maximum Gasteiger partial charge on any atom is 0.331 e. The van der Waals surface area contributed by atoms with Gasteiger partial charge in [0.1, 0.15) is 21.2 Å². The van der Waals surface area contributed by atoms with Gasteiger partial charge in [-0.15, -0.1) is 11.3 Å². The van der Waals surface area contributed by atoms with Crippen molar-refractivity contribution in [3.63, 3.8) is 0 Å². The Morgan fingerprint density at radius 1 is 1.10 bits per heavy atom. The molecule has 6 rings (SSSR count). The van der Waals surface area contributed by atoms with Gasteiger partial charge in [0, 0.05) is 18.8 Å². The predicted octanol–water partition coefficient (Wildman–Crippen LogP) is 5.97. The Balaban J connectivity index is 1.25. The van der Waals surface area contributed by atoms with E-state index in [1.165, 1.54) is 17.4 Å². The van der Waals surface area contributed by atoms with Crippen molar-refractivity contribution in [3.8, 4) is 11.5 Å². The van der Waals surface area contributed by atoms with Gasteiger partial charge in [-0.1, -0.05) is 31.2 Å². The number of carbonyl (C=O) groups is 3. The minimum atomic E-state index is -0.366. The van der Waals surface area contributed by atoms with E-state index in [0.29, 0.717) is 39.1 Å². The number of anilines is 3. The maximum absolute atomic E-state index is 13.5. The molecule has 4 amide bonds. The van der Waals surface area contributed by atoms with Crippen LogP contribution in [0.3, 0.4) is 0 Å². The second-order valence-electron chi connectivity index (χ2n) is 9.71. The zero-order chi connectivity index (χ0) is 27.6. The van der Waals surface area contributed by atoms with Crippen LogP contribution in [0.4, 0.5) is 21.9 Å². The Kier molecular flexibility index (Phi) is 6.91. The molecular weight excluding hydrogens is 526 g/mol. The van der Waals surface area contributed by atoms with Crippen LogP contribution >= 0.6 is 11.3 Å². The molecule has 0 unspecified atom stereocenters. The van der Waals surface area contributed by atoms with Crippen LogP contribution in [-0.4, -0.2) is 35.4 Å². The molecule has 1 aliphatic carbocycles. The Bertz CT molecular complexity index is 1600. The molecule has 0 radical (unpaired) electrons. The van der Waals surface area contributed by atoms with E-state index in [2.05, 4.69) is 27.5 Å². The van der Waals surface area contributed by atoms with Crippen LogP contribution in [-0.2, 0) is 4.79 Å². The molecule has 10 heteroatoms. The molecule has 0 saturated heterocycles. The van der Waals surface area contributed by atoms with Crippen LogP contribution in [0.1, 0.15) is 28.9 Å². The highest BCUT2D eigenvalue weighted by molar-refractivity contribution is 7.21. The van der Waals surface area contributed by atoms with Gasteiger partial charge >= 0.3 is 6.03 Å². The van der Waals surface area contributed by atoms with Crippen molar-refractivity contribution < 1.29 is 19.1 Å². The third-order valence-corrected chi connectivity index (χ3v) is 8.32. The molecule has 2 atom stereocenters.